The van der Waals surface area contributed by atoms with Crippen molar-refractivity contribution in [3.8, 4) is 0 Å². The van der Waals surface area contributed by atoms with E-state index in [0.717, 1.165) is 36.6 Å². The molecule has 2 aromatic heterocycles. The van der Waals surface area contributed by atoms with Gasteiger partial charge < -0.3 is 10.1 Å². The van der Waals surface area contributed by atoms with E-state index in [-0.39, 0.29) is 16.0 Å². The summed E-state index contributed by atoms with van der Waals surface area (Å²) in [5, 5.41) is 18.3. The summed E-state index contributed by atoms with van der Waals surface area (Å²) in [5.74, 6) is 0. The van der Waals surface area contributed by atoms with Gasteiger partial charge in [-0.25, -0.2) is 0 Å². The second-order valence-corrected chi connectivity index (χ2v) is 6.08. The van der Waals surface area contributed by atoms with Gasteiger partial charge in [-0.1, -0.05) is 11.3 Å². The van der Waals surface area contributed by atoms with Gasteiger partial charge in [0.2, 0.25) is 0 Å². The van der Waals surface area contributed by atoms with E-state index in [1.165, 1.54) is 17.4 Å². The molecule has 0 radical (unpaired) electrons. The van der Waals surface area contributed by atoms with Gasteiger partial charge in [-0.3, -0.25) is 14.8 Å². The molecular formula is C13H16N4O3S. The molecule has 1 atom stereocenters. The molecule has 112 valence electrons. The van der Waals surface area contributed by atoms with Gasteiger partial charge in [-0.15, -0.1) is 0 Å². The molecule has 0 bridgehead atoms. The largest absolute Gasteiger partial charge is 0.378 e. The lowest BCUT2D eigenvalue weighted by atomic mass is 10.2. The van der Waals surface area contributed by atoms with Gasteiger partial charge in [0, 0.05) is 30.3 Å². The third kappa shape index (κ3) is 3.59. The third-order valence-electron chi connectivity index (χ3n) is 3.34. The molecule has 0 aromatic carbocycles. The SMILES string of the molecule is O=[N+]([O-])c1ccc(CNc2cnn(CC3CCCO3)c2)s1. The molecule has 1 aliphatic rings. The third-order valence-corrected chi connectivity index (χ3v) is 4.38. The van der Waals surface area contributed by atoms with Gasteiger partial charge in [0.05, 0.1) is 29.5 Å². The van der Waals surface area contributed by atoms with E-state index in [1.54, 1.807) is 12.3 Å². The van der Waals surface area contributed by atoms with Crippen molar-refractivity contribution in [2.45, 2.75) is 32.0 Å². The van der Waals surface area contributed by atoms with Crippen molar-refractivity contribution >= 4 is 22.0 Å². The van der Waals surface area contributed by atoms with Gasteiger partial charge in [-0.05, 0) is 18.9 Å². The van der Waals surface area contributed by atoms with E-state index in [1.807, 2.05) is 10.9 Å². The number of aromatic nitrogens is 2. The standard InChI is InChI=1S/C13H16N4O3S/c18-17(19)13-4-3-12(21-13)7-14-10-6-15-16(8-10)9-11-2-1-5-20-11/h3-4,6,8,11,14H,1-2,5,7,9H2. The first-order valence-corrected chi connectivity index (χ1v) is 7.63. The molecule has 0 saturated carbocycles. The first-order valence-electron chi connectivity index (χ1n) is 6.82. The lowest BCUT2D eigenvalue weighted by Gasteiger charge is -2.08. The Morgan fingerprint density at radius 1 is 1.57 bits per heavy atom. The zero-order chi connectivity index (χ0) is 14.7. The fourth-order valence-electron chi connectivity index (χ4n) is 2.30. The Morgan fingerprint density at radius 3 is 3.19 bits per heavy atom. The highest BCUT2D eigenvalue weighted by Gasteiger charge is 2.16. The lowest BCUT2D eigenvalue weighted by molar-refractivity contribution is -0.380. The van der Waals surface area contributed by atoms with Crippen LogP contribution in [0.25, 0.3) is 0 Å². The number of rotatable bonds is 6. The van der Waals surface area contributed by atoms with Crippen molar-refractivity contribution in [3.05, 3.63) is 39.5 Å². The highest BCUT2D eigenvalue weighted by atomic mass is 32.1. The molecule has 1 N–H and O–H groups in total. The summed E-state index contributed by atoms with van der Waals surface area (Å²) in [6.45, 7) is 2.17. The minimum Gasteiger partial charge on any atom is -0.378 e. The quantitative estimate of drug-likeness (QED) is 0.655. The maximum atomic E-state index is 10.6. The van der Waals surface area contributed by atoms with Gasteiger partial charge >= 0.3 is 5.00 Å². The molecule has 21 heavy (non-hydrogen) atoms. The summed E-state index contributed by atoms with van der Waals surface area (Å²) in [4.78, 5) is 11.2. The summed E-state index contributed by atoms with van der Waals surface area (Å²) in [6.07, 6.45) is 6.16. The van der Waals surface area contributed by atoms with Crippen LogP contribution in [0, 0.1) is 10.1 Å². The minimum absolute atomic E-state index is 0.167. The van der Waals surface area contributed by atoms with E-state index in [4.69, 9.17) is 4.74 Å². The summed E-state index contributed by atoms with van der Waals surface area (Å²) < 4.78 is 7.45. The zero-order valence-electron chi connectivity index (χ0n) is 11.4. The predicted octanol–water partition coefficient (Wildman–Crippen LogP) is 2.64. The Kier molecular flexibility index (Phi) is 4.16. The minimum atomic E-state index is -0.367. The van der Waals surface area contributed by atoms with Gasteiger partial charge in [-0.2, -0.15) is 5.10 Å². The van der Waals surface area contributed by atoms with E-state index < -0.39 is 0 Å². The number of nitro groups is 1. The van der Waals surface area contributed by atoms with Crippen molar-refractivity contribution in [1.82, 2.24) is 9.78 Å². The van der Waals surface area contributed by atoms with Crippen LogP contribution in [0.5, 0.6) is 0 Å². The van der Waals surface area contributed by atoms with Crippen molar-refractivity contribution in [2.24, 2.45) is 0 Å². The maximum Gasteiger partial charge on any atom is 0.324 e. The second-order valence-electron chi connectivity index (χ2n) is 4.94. The maximum absolute atomic E-state index is 10.6. The van der Waals surface area contributed by atoms with Crippen LogP contribution in [0.3, 0.4) is 0 Å². The summed E-state index contributed by atoms with van der Waals surface area (Å²) in [5.41, 5.74) is 0.907. The smallest absolute Gasteiger partial charge is 0.324 e. The van der Waals surface area contributed by atoms with Gasteiger partial charge in [0.25, 0.3) is 0 Å². The number of hydrogen-bond acceptors (Lipinski definition) is 6. The van der Waals surface area contributed by atoms with E-state index in [9.17, 15) is 10.1 Å². The number of nitrogens with zero attached hydrogens (tertiary/aromatic N) is 3. The Morgan fingerprint density at radius 2 is 2.48 bits per heavy atom. The first kappa shape index (κ1) is 14.0. The van der Waals surface area contributed by atoms with Crippen LogP contribution in [-0.4, -0.2) is 27.4 Å². The molecule has 1 unspecified atom stereocenters. The summed E-state index contributed by atoms with van der Waals surface area (Å²) in [6, 6.07) is 3.30. The summed E-state index contributed by atoms with van der Waals surface area (Å²) >= 11 is 1.18. The molecular weight excluding hydrogens is 292 g/mol. The van der Waals surface area contributed by atoms with Crippen LogP contribution in [0.2, 0.25) is 0 Å². The molecule has 8 heteroatoms. The first-order chi connectivity index (χ1) is 10.2. The van der Waals surface area contributed by atoms with Crippen LogP contribution in [0.4, 0.5) is 10.7 Å². The van der Waals surface area contributed by atoms with Crippen LogP contribution in [-0.2, 0) is 17.8 Å². The number of ether oxygens (including phenoxy) is 1. The van der Waals surface area contributed by atoms with Gasteiger partial charge in [0.15, 0.2) is 0 Å². The van der Waals surface area contributed by atoms with Crippen molar-refractivity contribution in [2.75, 3.05) is 11.9 Å². The van der Waals surface area contributed by atoms with E-state index >= 15 is 0 Å². The van der Waals surface area contributed by atoms with Crippen LogP contribution >= 0.6 is 11.3 Å². The Labute approximate surface area is 125 Å². The molecule has 3 heterocycles. The van der Waals surface area contributed by atoms with Crippen LogP contribution < -0.4 is 5.32 Å². The number of nitrogens with one attached hydrogen (secondary N) is 1. The molecule has 7 nitrogen and oxygen atoms in total. The average Bonchev–Trinajstić information content (AvgIpc) is 3.18. The second kappa shape index (κ2) is 6.23. The van der Waals surface area contributed by atoms with Crippen LogP contribution in [0.15, 0.2) is 24.5 Å². The Balaban J connectivity index is 1.52. The highest BCUT2D eigenvalue weighted by Crippen LogP contribution is 2.24. The fraction of sp³-hybridized carbons (Fsp3) is 0.462. The normalized spacial score (nSPS) is 18.0. The lowest BCUT2D eigenvalue weighted by Crippen LogP contribution is -2.15. The molecule has 0 amide bonds. The molecule has 1 saturated heterocycles. The Bertz CT molecular complexity index is 618. The molecule has 0 aliphatic carbocycles. The van der Waals surface area contributed by atoms with Crippen molar-refractivity contribution < 1.29 is 9.66 Å². The van der Waals surface area contributed by atoms with E-state index in [0.29, 0.717) is 6.54 Å². The topological polar surface area (TPSA) is 82.2 Å². The molecule has 2 aromatic rings. The summed E-state index contributed by atoms with van der Waals surface area (Å²) in [7, 11) is 0. The van der Waals surface area contributed by atoms with Crippen LogP contribution in [0.1, 0.15) is 17.7 Å². The number of anilines is 1. The van der Waals surface area contributed by atoms with Crippen molar-refractivity contribution in [1.29, 1.82) is 0 Å². The molecule has 1 fully saturated rings. The van der Waals surface area contributed by atoms with Crippen molar-refractivity contribution in [3.63, 3.8) is 0 Å². The Hall–Kier alpha value is -1.93. The number of hydrogen-bond donors (Lipinski definition) is 1. The van der Waals surface area contributed by atoms with Gasteiger partial charge in [0.1, 0.15) is 0 Å². The molecule has 3 rings (SSSR count). The molecule has 0 spiro atoms. The van der Waals surface area contributed by atoms with E-state index in [2.05, 4.69) is 10.4 Å². The molecule has 1 aliphatic heterocycles. The monoisotopic (exact) mass is 308 g/mol. The number of thiophene rings is 1. The zero-order valence-corrected chi connectivity index (χ0v) is 12.2. The predicted molar refractivity (Wildman–Crippen MR) is 79.5 cm³/mol. The highest BCUT2D eigenvalue weighted by molar-refractivity contribution is 7.15. The fourth-order valence-corrected chi connectivity index (χ4v) is 3.06. The average molecular weight is 308 g/mol.